The van der Waals surface area contributed by atoms with Crippen LogP contribution >= 0.6 is 22.6 Å². The highest BCUT2D eigenvalue weighted by Crippen LogP contribution is 2.19. The number of nitrogens with zero attached hydrogens (tertiary/aromatic N) is 3. The number of benzene rings is 1. The topological polar surface area (TPSA) is 72.0 Å². The first-order valence-corrected chi connectivity index (χ1v) is 5.71. The molecule has 4 nitrogen and oxygen atoms in total. The Morgan fingerprint density at radius 1 is 1.44 bits per heavy atom. The van der Waals surface area contributed by atoms with Gasteiger partial charge in [0.05, 0.1) is 5.69 Å². The van der Waals surface area contributed by atoms with Gasteiger partial charge in [0.25, 0.3) is 0 Å². The molecule has 0 unspecified atom stereocenters. The highest BCUT2D eigenvalue weighted by molar-refractivity contribution is 14.1. The quantitative estimate of drug-likeness (QED) is 0.528. The van der Waals surface area contributed by atoms with Crippen LogP contribution in [0.25, 0.3) is 0 Å². The fraction of sp³-hybridized carbons (Fsp3) is 0.182. The Labute approximate surface area is 108 Å². The third-order valence-corrected chi connectivity index (χ3v) is 2.62. The van der Waals surface area contributed by atoms with E-state index in [0.29, 0.717) is 0 Å². The van der Waals surface area contributed by atoms with Gasteiger partial charge < -0.3 is 0 Å². The van der Waals surface area contributed by atoms with E-state index in [1.807, 2.05) is 25.1 Å². The van der Waals surface area contributed by atoms with E-state index in [4.69, 9.17) is 10.5 Å². The molecule has 0 spiro atoms. The third-order valence-electron chi connectivity index (χ3n) is 1.95. The van der Waals surface area contributed by atoms with Gasteiger partial charge in [0.2, 0.25) is 5.71 Å². The molecular weight excluding hydrogens is 315 g/mol. The van der Waals surface area contributed by atoms with Gasteiger partial charge in [-0.15, -0.1) is 0 Å². The van der Waals surface area contributed by atoms with Crippen molar-refractivity contribution in [3.8, 4) is 12.1 Å². The zero-order chi connectivity index (χ0) is 12.0. The Morgan fingerprint density at radius 2 is 2.12 bits per heavy atom. The van der Waals surface area contributed by atoms with Crippen molar-refractivity contribution >= 4 is 34.0 Å². The van der Waals surface area contributed by atoms with Gasteiger partial charge in [-0.3, -0.25) is 5.43 Å². The lowest BCUT2D eigenvalue weighted by Crippen LogP contribution is -1.99. The molecule has 0 fully saturated rings. The smallest absolute Gasteiger partial charge is 0.237 e. The van der Waals surface area contributed by atoms with E-state index in [1.54, 1.807) is 12.1 Å². The van der Waals surface area contributed by atoms with Crippen LogP contribution < -0.4 is 5.43 Å². The molecule has 80 valence electrons. The summed E-state index contributed by atoms with van der Waals surface area (Å²) in [5.41, 5.74) is 4.48. The van der Waals surface area contributed by atoms with E-state index in [1.165, 1.54) is 0 Å². The first-order chi connectivity index (χ1) is 7.71. The first kappa shape index (κ1) is 12.5. The molecular formula is C11H9IN4. The maximum atomic E-state index is 8.53. The number of nitriles is 2. The number of hydrogen-bond donors (Lipinski definition) is 1. The van der Waals surface area contributed by atoms with Crippen molar-refractivity contribution in [2.24, 2.45) is 5.10 Å². The van der Waals surface area contributed by atoms with Crippen LogP contribution in [0.1, 0.15) is 12.5 Å². The maximum Gasteiger partial charge on any atom is 0.237 e. The Hall–Kier alpha value is -1.60. The minimum absolute atomic E-state index is 0.180. The summed E-state index contributed by atoms with van der Waals surface area (Å²) in [5, 5.41) is 20.8. The van der Waals surface area contributed by atoms with Gasteiger partial charge in [-0.05, 0) is 52.8 Å². The van der Waals surface area contributed by atoms with Crippen LogP contribution in [0.4, 0.5) is 5.69 Å². The predicted octanol–water partition coefficient (Wildman–Crippen LogP) is 2.67. The van der Waals surface area contributed by atoms with E-state index >= 15 is 0 Å². The average Bonchev–Trinajstić information content (AvgIpc) is 2.31. The Balaban J connectivity index is 2.95. The molecule has 0 saturated carbocycles. The monoisotopic (exact) mass is 324 g/mol. The largest absolute Gasteiger partial charge is 0.276 e. The molecule has 0 amide bonds. The van der Waals surface area contributed by atoms with Gasteiger partial charge in [0, 0.05) is 3.57 Å². The summed E-state index contributed by atoms with van der Waals surface area (Å²) in [7, 11) is 0. The van der Waals surface area contributed by atoms with Gasteiger partial charge in [-0.25, -0.2) is 0 Å². The van der Waals surface area contributed by atoms with Crippen molar-refractivity contribution in [3.63, 3.8) is 0 Å². The first-order valence-electron chi connectivity index (χ1n) is 4.63. The summed E-state index contributed by atoms with van der Waals surface area (Å²) >= 11 is 2.23. The lowest BCUT2D eigenvalue weighted by Gasteiger charge is -2.06. The fourth-order valence-electron chi connectivity index (χ4n) is 1.16. The second kappa shape index (κ2) is 6.09. The van der Waals surface area contributed by atoms with Crippen LogP contribution in [0.3, 0.4) is 0 Å². The highest BCUT2D eigenvalue weighted by atomic mass is 127. The van der Waals surface area contributed by atoms with Gasteiger partial charge in [-0.1, -0.05) is 6.92 Å². The van der Waals surface area contributed by atoms with Gasteiger partial charge in [0.1, 0.15) is 12.1 Å². The summed E-state index contributed by atoms with van der Waals surface area (Å²) < 4.78 is 1.14. The second-order valence-electron chi connectivity index (χ2n) is 2.95. The Kier molecular flexibility index (Phi) is 4.74. The van der Waals surface area contributed by atoms with Gasteiger partial charge in [-0.2, -0.15) is 15.6 Å². The SMILES string of the molecule is CCc1cc(I)ccc1NN=C(C#N)C#N. The lowest BCUT2D eigenvalue weighted by atomic mass is 10.1. The van der Waals surface area contributed by atoms with Crippen molar-refractivity contribution in [1.82, 2.24) is 0 Å². The van der Waals surface area contributed by atoms with E-state index in [2.05, 4.69) is 33.1 Å². The zero-order valence-electron chi connectivity index (χ0n) is 8.66. The van der Waals surface area contributed by atoms with Crippen molar-refractivity contribution < 1.29 is 0 Å². The number of anilines is 1. The molecule has 0 aliphatic carbocycles. The molecule has 0 radical (unpaired) electrons. The summed E-state index contributed by atoms with van der Waals surface area (Å²) in [6, 6.07) is 9.26. The zero-order valence-corrected chi connectivity index (χ0v) is 10.8. The molecule has 0 saturated heterocycles. The van der Waals surface area contributed by atoms with Crippen LogP contribution in [0.5, 0.6) is 0 Å². The second-order valence-corrected chi connectivity index (χ2v) is 4.20. The molecule has 0 atom stereocenters. The third kappa shape index (κ3) is 3.21. The number of nitrogens with one attached hydrogen (secondary N) is 1. The summed E-state index contributed by atoms with van der Waals surface area (Å²) in [6.45, 7) is 2.04. The summed E-state index contributed by atoms with van der Waals surface area (Å²) in [5.74, 6) is 0. The van der Waals surface area contributed by atoms with Gasteiger partial charge >= 0.3 is 0 Å². The highest BCUT2D eigenvalue weighted by Gasteiger charge is 2.01. The number of aryl methyl sites for hydroxylation is 1. The van der Waals surface area contributed by atoms with E-state index < -0.39 is 0 Å². The summed E-state index contributed by atoms with van der Waals surface area (Å²) in [4.78, 5) is 0. The van der Waals surface area contributed by atoms with Crippen molar-refractivity contribution in [3.05, 3.63) is 27.3 Å². The van der Waals surface area contributed by atoms with E-state index in [-0.39, 0.29) is 5.71 Å². The normalized spacial score (nSPS) is 8.75. The van der Waals surface area contributed by atoms with E-state index in [0.717, 1.165) is 21.2 Å². The molecule has 1 N–H and O–H groups in total. The molecule has 1 aromatic carbocycles. The van der Waals surface area contributed by atoms with Crippen LogP contribution in [0.15, 0.2) is 23.3 Å². The van der Waals surface area contributed by atoms with Crippen LogP contribution in [-0.4, -0.2) is 5.71 Å². The van der Waals surface area contributed by atoms with Crippen LogP contribution in [0.2, 0.25) is 0 Å². The molecule has 0 heterocycles. The molecule has 0 aliphatic heterocycles. The number of hydrogen-bond acceptors (Lipinski definition) is 4. The number of hydrazone groups is 1. The van der Waals surface area contributed by atoms with Crippen molar-refractivity contribution in [2.75, 3.05) is 5.43 Å². The van der Waals surface area contributed by atoms with Gasteiger partial charge in [0.15, 0.2) is 0 Å². The molecule has 1 rings (SSSR count). The predicted molar refractivity (Wildman–Crippen MR) is 70.8 cm³/mol. The molecule has 0 aromatic heterocycles. The minimum Gasteiger partial charge on any atom is -0.276 e. The molecule has 5 heteroatoms. The van der Waals surface area contributed by atoms with E-state index in [9.17, 15) is 0 Å². The molecule has 16 heavy (non-hydrogen) atoms. The average molecular weight is 324 g/mol. The fourth-order valence-corrected chi connectivity index (χ4v) is 1.71. The van der Waals surface area contributed by atoms with Crippen molar-refractivity contribution in [2.45, 2.75) is 13.3 Å². The molecule has 0 aliphatic rings. The van der Waals surface area contributed by atoms with Crippen LogP contribution in [0, 0.1) is 26.2 Å². The maximum absolute atomic E-state index is 8.53. The number of halogens is 1. The van der Waals surface area contributed by atoms with Crippen molar-refractivity contribution in [1.29, 1.82) is 10.5 Å². The molecule has 1 aromatic rings. The standard InChI is InChI=1S/C11H9IN4/c1-2-8-5-9(12)3-4-11(8)16-15-10(6-13)7-14/h3-5,16H,2H2,1H3. The summed E-state index contributed by atoms with van der Waals surface area (Å²) in [6.07, 6.45) is 0.864. The molecule has 0 bridgehead atoms. The van der Waals surface area contributed by atoms with Crippen LogP contribution in [-0.2, 0) is 6.42 Å². The lowest BCUT2D eigenvalue weighted by molar-refractivity contribution is 1.12. The Bertz CT molecular complexity index is 478. The number of rotatable bonds is 3. The minimum atomic E-state index is -0.180. The Morgan fingerprint density at radius 3 is 2.69 bits per heavy atom.